The second-order valence-electron chi connectivity index (χ2n) is 5.60. The smallest absolute Gasteiger partial charge is 0.264 e. The first kappa shape index (κ1) is 15.6. The first-order chi connectivity index (χ1) is 11.5. The Bertz CT molecular complexity index is 915. The molecule has 2 aromatic rings. The Hall–Kier alpha value is -1.96. The van der Waals surface area contributed by atoms with Crippen molar-refractivity contribution < 1.29 is 23.0 Å². The van der Waals surface area contributed by atoms with E-state index in [4.69, 9.17) is 21.1 Å². The van der Waals surface area contributed by atoms with Gasteiger partial charge in [0.05, 0.1) is 16.7 Å². The van der Waals surface area contributed by atoms with Gasteiger partial charge in [0, 0.05) is 23.2 Å². The zero-order valence-electron chi connectivity index (χ0n) is 12.5. The third-order valence-electron chi connectivity index (χ3n) is 4.15. The van der Waals surface area contributed by atoms with Gasteiger partial charge in [0.25, 0.3) is 10.0 Å². The van der Waals surface area contributed by atoms with Crippen LogP contribution in [0.5, 0.6) is 11.5 Å². The number of anilines is 1. The molecule has 2 aliphatic heterocycles. The highest BCUT2D eigenvalue weighted by Gasteiger charge is 2.33. The maximum Gasteiger partial charge on any atom is 0.264 e. The van der Waals surface area contributed by atoms with Gasteiger partial charge in [-0.1, -0.05) is 11.6 Å². The van der Waals surface area contributed by atoms with E-state index in [1.165, 1.54) is 16.4 Å². The van der Waals surface area contributed by atoms with Crippen LogP contribution in [0, 0.1) is 0 Å². The minimum Gasteiger partial charge on any atom is -0.454 e. The zero-order chi connectivity index (χ0) is 16.9. The SMILES string of the molecule is O=S(=O)(c1ccc2c(c1)OCO2)N1CCC(O)c2cc(Cl)ccc21. The van der Waals surface area contributed by atoms with E-state index in [2.05, 4.69) is 0 Å². The first-order valence-corrected chi connectivity index (χ1v) is 9.18. The fraction of sp³-hybridized carbons (Fsp3) is 0.250. The van der Waals surface area contributed by atoms with Crippen LogP contribution in [0.25, 0.3) is 0 Å². The van der Waals surface area contributed by atoms with E-state index in [0.717, 1.165) is 0 Å². The number of benzene rings is 2. The lowest BCUT2D eigenvalue weighted by Gasteiger charge is -2.33. The van der Waals surface area contributed by atoms with Gasteiger partial charge < -0.3 is 14.6 Å². The highest BCUT2D eigenvalue weighted by atomic mass is 35.5. The minimum absolute atomic E-state index is 0.0794. The van der Waals surface area contributed by atoms with E-state index in [9.17, 15) is 13.5 Å². The summed E-state index contributed by atoms with van der Waals surface area (Å²) in [5.41, 5.74) is 0.953. The van der Waals surface area contributed by atoms with E-state index in [-0.39, 0.29) is 18.2 Å². The molecule has 0 aromatic heterocycles. The molecule has 1 N–H and O–H groups in total. The molecule has 1 atom stereocenters. The lowest BCUT2D eigenvalue weighted by atomic mass is 10.0. The van der Waals surface area contributed by atoms with Gasteiger partial charge in [0.1, 0.15) is 0 Å². The minimum atomic E-state index is -3.79. The molecule has 1 unspecified atom stereocenters. The van der Waals surface area contributed by atoms with Gasteiger partial charge in [-0.3, -0.25) is 4.31 Å². The van der Waals surface area contributed by atoms with E-state index in [0.29, 0.717) is 34.2 Å². The maximum absolute atomic E-state index is 13.1. The van der Waals surface area contributed by atoms with Gasteiger partial charge in [0.2, 0.25) is 6.79 Å². The number of hydrogen-bond acceptors (Lipinski definition) is 5. The van der Waals surface area contributed by atoms with Gasteiger partial charge in [-0.15, -0.1) is 0 Å². The van der Waals surface area contributed by atoms with Crippen LogP contribution >= 0.6 is 11.6 Å². The maximum atomic E-state index is 13.1. The van der Waals surface area contributed by atoms with Crippen molar-refractivity contribution in [3.05, 3.63) is 47.0 Å². The van der Waals surface area contributed by atoms with Gasteiger partial charge in [-0.25, -0.2) is 8.42 Å². The molecule has 0 aliphatic carbocycles. The Balaban J connectivity index is 1.80. The molecule has 2 aromatic carbocycles. The molecule has 0 amide bonds. The monoisotopic (exact) mass is 367 g/mol. The predicted molar refractivity (Wildman–Crippen MR) is 88.1 cm³/mol. The van der Waals surface area contributed by atoms with Crippen LogP contribution < -0.4 is 13.8 Å². The molecule has 0 radical (unpaired) electrons. The van der Waals surface area contributed by atoms with E-state index >= 15 is 0 Å². The van der Waals surface area contributed by atoms with E-state index in [1.807, 2.05) is 0 Å². The number of aliphatic hydroxyl groups excluding tert-OH is 1. The Morgan fingerprint density at radius 2 is 1.92 bits per heavy atom. The first-order valence-electron chi connectivity index (χ1n) is 7.37. The highest BCUT2D eigenvalue weighted by molar-refractivity contribution is 7.92. The molecule has 0 saturated carbocycles. The van der Waals surface area contributed by atoms with Crippen LogP contribution in [-0.4, -0.2) is 26.9 Å². The van der Waals surface area contributed by atoms with Crippen molar-refractivity contribution in [2.75, 3.05) is 17.6 Å². The molecule has 24 heavy (non-hydrogen) atoms. The lowest BCUT2D eigenvalue weighted by molar-refractivity contribution is 0.166. The highest BCUT2D eigenvalue weighted by Crippen LogP contribution is 2.40. The van der Waals surface area contributed by atoms with Crippen LogP contribution in [0.2, 0.25) is 5.02 Å². The van der Waals surface area contributed by atoms with Crippen molar-refractivity contribution in [1.29, 1.82) is 0 Å². The Morgan fingerprint density at radius 3 is 2.75 bits per heavy atom. The molecular weight excluding hydrogens is 354 g/mol. The average Bonchev–Trinajstić information content (AvgIpc) is 3.03. The standard InChI is InChI=1S/C16H14ClNO5S/c17-10-1-3-13-12(7-10)14(19)5-6-18(13)24(20,21)11-2-4-15-16(8-11)23-9-22-15/h1-4,7-8,14,19H,5-6,9H2. The molecule has 4 rings (SSSR count). The normalized spacial score (nSPS) is 19.2. The summed E-state index contributed by atoms with van der Waals surface area (Å²) in [5, 5.41) is 10.6. The molecule has 0 spiro atoms. The molecule has 0 fully saturated rings. The lowest BCUT2D eigenvalue weighted by Crippen LogP contribution is -2.36. The Morgan fingerprint density at radius 1 is 1.12 bits per heavy atom. The van der Waals surface area contributed by atoms with E-state index < -0.39 is 16.1 Å². The summed E-state index contributed by atoms with van der Waals surface area (Å²) in [5.74, 6) is 0.930. The number of hydrogen-bond donors (Lipinski definition) is 1. The largest absolute Gasteiger partial charge is 0.454 e. The van der Waals surface area contributed by atoms with Gasteiger partial charge in [-0.05, 0) is 36.8 Å². The Labute approximate surface area is 144 Å². The molecule has 6 nitrogen and oxygen atoms in total. The summed E-state index contributed by atoms with van der Waals surface area (Å²) in [6, 6.07) is 9.35. The summed E-state index contributed by atoms with van der Waals surface area (Å²) >= 11 is 5.98. The molecule has 2 heterocycles. The summed E-state index contributed by atoms with van der Waals surface area (Å²) in [6.45, 7) is 0.267. The fourth-order valence-corrected chi connectivity index (χ4v) is 4.65. The summed E-state index contributed by atoms with van der Waals surface area (Å²) in [4.78, 5) is 0.115. The van der Waals surface area contributed by atoms with Crippen LogP contribution in [0.1, 0.15) is 18.1 Å². The molecule has 2 aliphatic rings. The van der Waals surface area contributed by atoms with Crippen molar-refractivity contribution in [2.45, 2.75) is 17.4 Å². The van der Waals surface area contributed by atoms with Crippen LogP contribution in [-0.2, 0) is 10.0 Å². The van der Waals surface area contributed by atoms with Gasteiger partial charge >= 0.3 is 0 Å². The number of halogens is 1. The molecule has 0 saturated heterocycles. The summed E-state index contributed by atoms with van der Waals surface area (Å²) in [6.07, 6.45) is -0.432. The third-order valence-corrected chi connectivity index (χ3v) is 6.20. The topological polar surface area (TPSA) is 76.1 Å². The van der Waals surface area contributed by atoms with Crippen molar-refractivity contribution in [3.63, 3.8) is 0 Å². The fourth-order valence-electron chi connectivity index (χ4n) is 2.95. The quantitative estimate of drug-likeness (QED) is 0.883. The molecule has 8 heteroatoms. The van der Waals surface area contributed by atoms with Crippen molar-refractivity contribution in [2.24, 2.45) is 0 Å². The summed E-state index contributed by atoms with van der Waals surface area (Å²) in [7, 11) is -3.79. The van der Waals surface area contributed by atoms with Crippen molar-refractivity contribution in [1.82, 2.24) is 0 Å². The average molecular weight is 368 g/mol. The van der Waals surface area contributed by atoms with Gasteiger partial charge in [0.15, 0.2) is 11.5 Å². The van der Waals surface area contributed by atoms with Crippen LogP contribution in [0.15, 0.2) is 41.3 Å². The van der Waals surface area contributed by atoms with Gasteiger partial charge in [-0.2, -0.15) is 0 Å². The second kappa shape index (κ2) is 5.54. The predicted octanol–water partition coefficient (Wildman–Crippen LogP) is 2.70. The molecular formula is C16H14ClNO5S. The number of aliphatic hydroxyl groups is 1. The zero-order valence-corrected chi connectivity index (χ0v) is 14.0. The number of nitrogens with zero attached hydrogens (tertiary/aromatic N) is 1. The van der Waals surface area contributed by atoms with Crippen molar-refractivity contribution in [3.8, 4) is 11.5 Å². The van der Waals surface area contributed by atoms with Crippen molar-refractivity contribution >= 4 is 27.3 Å². The second-order valence-corrected chi connectivity index (χ2v) is 7.90. The third kappa shape index (κ3) is 2.40. The number of rotatable bonds is 2. The van der Waals surface area contributed by atoms with Crippen LogP contribution in [0.4, 0.5) is 5.69 Å². The molecule has 0 bridgehead atoms. The number of sulfonamides is 1. The Kier molecular flexibility index (Phi) is 3.59. The number of ether oxygens (including phenoxy) is 2. The van der Waals surface area contributed by atoms with E-state index in [1.54, 1.807) is 24.3 Å². The molecule has 126 valence electrons. The number of fused-ring (bicyclic) bond motifs is 2. The van der Waals surface area contributed by atoms with Crippen LogP contribution in [0.3, 0.4) is 0 Å². The summed E-state index contributed by atoms with van der Waals surface area (Å²) < 4.78 is 37.9.